The van der Waals surface area contributed by atoms with E-state index in [1.54, 1.807) is 37.6 Å². The number of carbonyl (C=O) groups excluding carboxylic acids is 1. The van der Waals surface area contributed by atoms with Crippen LogP contribution in [0.3, 0.4) is 0 Å². The van der Waals surface area contributed by atoms with E-state index >= 15 is 0 Å². The average Bonchev–Trinajstić information content (AvgIpc) is 3.19. The van der Waals surface area contributed by atoms with E-state index in [0.29, 0.717) is 23.4 Å². The highest BCUT2D eigenvalue weighted by molar-refractivity contribution is 6.12. The highest BCUT2D eigenvalue weighted by Crippen LogP contribution is 2.37. The number of aromatic nitrogens is 2. The molecule has 0 aliphatic rings. The van der Waals surface area contributed by atoms with E-state index in [1.807, 2.05) is 66.2 Å². The van der Waals surface area contributed by atoms with Gasteiger partial charge < -0.3 is 19.7 Å². The second-order valence-corrected chi connectivity index (χ2v) is 8.20. The second kappa shape index (κ2) is 9.00. The molecule has 2 heterocycles. The fourth-order valence-corrected chi connectivity index (χ4v) is 4.42. The monoisotopic (exact) mass is 451 g/mol. The van der Waals surface area contributed by atoms with Crippen molar-refractivity contribution in [2.45, 2.75) is 12.6 Å². The van der Waals surface area contributed by atoms with E-state index in [0.717, 1.165) is 27.4 Å². The number of para-hydroxylation sites is 1. The Bertz CT molecular complexity index is 1470. The molecule has 2 N–H and O–H groups in total. The molecule has 1 unspecified atom stereocenters. The lowest BCUT2D eigenvalue weighted by Crippen LogP contribution is -2.26. The standard InChI is InChI=1S/C28H25N3O3/c1-31-22-11-7-6-10-21(22)24-23(31)17-29-26(28(33)30-16-18-8-4-3-5-9-18)25(24)27(32)19-12-14-20(34-2)15-13-19/h3-15,17,27,32H,16H2,1-2H3,(H,30,33). The van der Waals surface area contributed by atoms with Gasteiger partial charge in [-0.2, -0.15) is 0 Å². The number of aliphatic hydroxyl groups is 1. The van der Waals surface area contributed by atoms with E-state index in [9.17, 15) is 9.90 Å². The highest BCUT2D eigenvalue weighted by atomic mass is 16.5. The van der Waals surface area contributed by atoms with Crippen LogP contribution in [0.25, 0.3) is 21.8 Å². The Morgan fingerprint density at radius 2 is 1.71 bits per heavy atom. The van der Waals surface area contributed by atoms with Crippen LogP contribution < -0.4 is 10.1 Å². The maximum absolute atomic E-state index is 13.4. The van der Waals surface area contributed by atoms with Gasteiger partial charge in [-0.3, -0.25) is 4.79 Å². The predicted molar refractivity (Wildman–Crippen MR) is 133 cm³/mol. The minimum atomic E-state index is -1.05. The number of hydrogen-bond donors (Lipinski definition) is 2. The number of fused-ring (bicyclic) bond motifs is 3. The van der Waals surface area contributed by atoms with Crippen molar-refractivity contribution in [1.29, 1.82) is 0 Å². The molecule has 5 aromatic rings. The number of benzene rings is 3. The fraction of sp³-hybridized carbons (Fsp3) is 0.143. The summed E-state index contributed by atoms with van der Waals surface area (Å²) in [5, 5.41) is 16.3. The summed E-state index contributed by atoms with van der Waals surface area (Å²) >= 11 is 0. The van der Waals surface area contributed by atoms with Gasteiger partial charge in [-0.05, 0) is 29.3 Å². The molecule has 0 radical (unpaired) electrons. The number of amides is 1. The third-order valence-electron chi connectivity index (χ3n) is 6.21. The van der Waals surface area contributed by atoms with Gasteiger partial charge in [-0.25, -0.2) is 4.98 Å². The maximum Gasteiger partial charge on any atom is 0.270 e. The zero-order valence-corrected chi connectivity index (χ0v) is 19.0. The summed E-state index contributed by atoms with van der Waals surface area (Å²) in [6.45, 7) is 0.368. The topological polar surface area (TPSA) is 76.4 Å². The Hall–Kier alpha value is -4.16. The Balaban J connectivity index is 1.66. The molecule has 0 fully saturated rings. The molecule has 1 amide bonds. The summed E-state index contributed by atoms with van der Waals surface area (Å²) in [6, 6.07) is 24.9. The van der Waals surface area contributed by atoms with Crippen molar-refractivity contribution in [3.63, 3.8) is 0 Å². The molecule has 0 saturated heterocycles. The maximum atomic E-state index is 13.4. The van der Waals surface area contributed by atoms with Crippen molar-refractivity contribution in [3.05, 3.63) is 107 Å². The summed E-state index contributed by atoms with van der Waals surface area (Å²) in [7, 11) is 3.56. The number of aliphatic hydroxyl groups excluding tert-OH is 1. The fourth-order valence-electron chi connectivity index (χ4n) is 4.42. The van der Waals surface area contributed by atoms with Crippen molar-refractivity contribution in [3.8, 4) is 5.75 Å². The first-order valence-electron chi connectivity index (χ1n) is 11.1. The first-order chi connectivity index (χ1) is 16.6. The second-order valence-electron chi connectivity index (χ2n) is 8.20. The van der Waals surface area contributed by atoms with Crippen LogP contribution in [0, 0.1) is 0 Å². The van der Waals surface area contributed by atoms with E-state index in [-0.39, 0.29) is 11.6 Å². The number of pyridine rings is 1. The van der Waals surface area contributed by atoms with Crippen LogP contribution in [-0.4, -0.2) is 27.7 Å². The Labute approximate surface area is 197 Å². The van der Waals surface area contributed by atoms with Gasteiger partial charge >= 0.3 is 0 Å². The number of ether oxygens (including phenoxy) is 1. The molecule has 0 aliphatic carbocycles. The molecule has 2 aromatic heterocycles. The van der Waals surface area contributed by atoms with Crippen molar-refractivity contribution >= 4 is 27.7 Å². The van der Waals surface area contributed by atoms with Crippen molar-refractivity contribution in [2.75, 3.05) is 7.11 Å². The van der Waals surface area contributed by atoms with Crippen LogP contribution in [-0.2, 0) is 13.6 Å². The SMILES string of the molecule is COc1ccc(C(O)c2c(C(=O)NCc3ccccc3)ncc3c2c2ccccc2n3C)cc1. The number of nitrogens with zero attached hydrogens (tertiary/aromatic N) is 2. The third-order valence-corrected chi connectivity index (χ3v) is 6.21. The Morgan fingerprint density at radius 3 is 2.44 bits per heavy atom. The van der Waals surface area contributed by atoms with E-state index < -0.39 is 6.10 Å². The van der Waals surface area contributed by atoms with E-state index in [2.05, 4.69) is 10.3 Å². The lowest BCUT2D eigenvalue weighted by Gasteiger charge is -2.17. The first-order valence-corrected chi connectivity index (χ1v) is 11.1. The van der Waals surface area contributed by atoms with Crippen molar-refractivity contribution in [1.82, 2.24) is 14.9 Å². The molecule has 3 aromatic carbocycles. The number of aryl methyl sites for hydroxylation is 1. The summed E-state index contributed by atoms with van der Waals surface area (Å²) < 4.78 is 7.30. The zero-order chi connectivity index (χ0) is 23.7. The highest BCUT2D eigenvalue weighted by Gasteiger charge is 2.26. The molecular formula is C28H25N3O3. The molecule has 5 rings (SSSR count). The van der Waals surface area contributed by atoms with Gasteiger partial charge in [0.05, 0.1) is 18.8 Å². The van der Waals surface area contributed by atoms with E-state index in [4.69, 9.17) is 4.74 Å². The molecule has 1 atom stereocenters. The lowest BCUT2D eigenvalue weighted by atomic mass is 9.95. The number of methoxy groups -OCH3 is 1. The minimum Gasteiger partial charge on any atom is -0.497 e. The smallest absolute Gasteiger partial charge is 0.270 e. The van der Waals surface area contributed by atoms with Crippen LogP contribution in [0.5, 0.6) is 5.75 Å². The van der Waals surface area contributed by atoms with Gasteiger partial charge in [-0.15, -0.1) is 0 Å². The normalized spacial score (nSPS) is 12.1. The molecule has 0 bridgehead atoms. The van der Waals surface area contributed by atoms with Gasteiger partial charge in [0.1, 0.15) is 17.5 Å². The molecule has 170 valence electrons. The minimum absolute atomic E-state index is 0.211. The summed E-state index contributed by atoms with van der Waals surface area (Å²) in [5.74, 6) is 0.361. The summed E-state index contributed by atoms with van der Waals surface area (Å²) in [4.78, 5) is 17.9. The number of nitrogens with one attached hydrogen (secondary N) is 1. The third kappa shape index (κ3) is 3.78. The zero-order valence-electron chi connectivity index (χ0n) is 19.0. The molecule has 34 heavy (non-hydrogen) atoms. The van der Waals surface area contributed by atoms with Crippen LogP contribution in [0.4, 0.5) is 0 Å². The average molecular weight is 452 g/mol. The van der Waals surface area contributed by atoms with Crippen molar-refractivity contribution in [2.24, 2.45) is 7.05 Å². The van der Waals surface area contributed by atoms with Gasteiger partial charge in [0, 0.05) is 35.4 Å². The molecular weight excluding hydrogens is 426 g/mol. The largest absolute Gasteiger partial charge is 0.497 e. The molecule has 0 saturated carbocycles. The Kier molecular flexibility index (Phi) is 5.74. The quantitative estimate of drug-likeness (QED) is 0.391. The van der Waals surface area contributed by atoms with Gasteiger partial charge in [0.15, 0.2) is 0 Å². The van der Waals surface area contributed by atoms with Crippen LogP contribution in [0.15, 0.2) is 85.1 Å². The van der Waals surface area contributed by atoms with Crippen molar-refractivity contribution < 1.29 is 14.6 Å². The summed E-state index contributed by atoms with van der Waals surface area (Å²) in [5.41, 5.74) is 4.19. The first kappa shape index (κ1) is 21.7. The number of carbonyl (C=O) groups is 1. The van der Waals surface area contributed by atoms with Crippen LogP contribution in [0.2, 0.25) is 0 Å². The van der Waals surface area contributed by atoms with Crippen LogP contribution >= 0.6 is 0 Å². The van der Waals surface area contributed by atoms with Crippen LogP contribution in [0.1, 0.15) is 33.3 Å². The predicted octanol–water partition coefficient (Wildman–Crippen LogP) is 4.75. The number of hydrogen-bond acceptors (Lipinski definition) is 4. The number of rotatable bonds is 6. The molecule has 6 nitrogen and oxygen atoms in total. The van der Waals surface area contributed by atoms with Gasteiger partial charge in [0.25, 0.3) is 5.91 Å². The molecule has 0 aliphatic heterocycles. The Morgan fingerprint density at radius 1 is 1.00 bits per heavy atom. The van der Waals surface area contributed by atoms with E-state index in [1.165, 1.54) is 0 Å². The van der Waals surface area contributed by atoms with Gasteiger partial charge in [-0.1, -0.05) is 60.7 Å². The molecule has 6 heteroatoms. The van der Waals surface area contributed by atoms with Gasteiger partial charge in [0.2, 0.25) is 0 Å². The summed E-state index contributed by atoms with van der Waals surface area (Å²) in [6.07, 6.45) is 0.655. The lowest BCUT2D eigenvalue weighted by molar-refractivity contribution is 0.0940. The molecule has 0 spiro atoms.